The molecule has 0 spiro atoms. The molecule has 1 aliphatic rings. The summed E-state index contributed by atoms with van der Waals surface area (Å²) >= 11 is 0. The van der Waals surface area contributed by atoms with Crippen LogP contribution in [0.15, 0.2) is 48.5 Å². The highest BCUT2D eigenvalue weighted by molar-refractivity contribution is 5.80. The second-order valence-corrected chi connectivity index (χ2v) is 5.58. The van der Waals surface area contributed by atoms with Gasteiger partial charge >= 0.3 is 12.1 Å². The van der Waals surface area contributed by atoms with Crippen molar-refractivity contribution in [1.82, 2.24) is 5.32 Å². The quantitative estimate of drug-likeness (QED) is 0.721. The number of benzene rings is 2. The number of fused-ring (bicyclic) bond motifs is 1. The number of carbonyl (C=O) groups is 2. The lowest BCUT2D eigenvalue weighted by molar-refractivity contribution is -0.142. The first-order valence-electron chi connectivity index (χ1n) is 7.82. The standard InChI is InChI=1S/C18H17NO7/c20-16(12-6-7-13-14(8-12)26-10-25-13)15(17(21)22)19-18(23)24-9-11-4-2-1-3-5-11/h1-8,15-16,20H,9-10H2,(H,19,23)(H,21,22)/t15-,16+/m0/s1. The van der Waals surface area contributed by atoms with Crippen LogP contribution in [0.5, 0.6) is 11.5 Å². The Morgan fingerprint density at radius 2 is 1.85 bits per heavy atom. The van der Waals surface area contributed by atoms with Crippen molar-refractivity contribution in [2.24, 2.45) is 0 Å². The van der Waals surface area contributed by atoms with Crippen molar-refractivity contribution >= 4 is 12.1 Å². The maximum absolute atomic E-state index is 11.9. The zero-order chi connectivity index (χ0) is 18.5. The van der Waals surface area contributed by atoms with Gasteiger partial charge in [0.2, 0.25) is 6.79 Å². The summed E-state index contributed by atoms with van der Waals surface area (Å²) in [6, 6.07) is 11.9. The molecule has 1 amide bonds. The van der Waals surface area contributed by atoms with E-state index in [1.165, 1.54) is 12.1 Å². The predicted molar refractivity (Wildman–Crippen MR) is 88.7 cm³/mol. The third-order valence-electron chi connectivity index (χ3n) is 3.81. The minimum atomic E-state index is -1.58. The number of carboxylic acids is 1. The van der Waals surface area contributed by atoms with Gasteiger partial charge in [-0.1, -0.05) is 36.4 Å². The molecule has 136 valence electrons. The first-order chi connectivity index (χ1) is 12.5. The van der Waals surface area contributed by atoms with Crippen molar-refractivity contribution in [3.8, 4) is 11.5 Å². The average molecular weight is 359 g/mol. The molecule has 1 aliphatic heterocycles. The fourth-order valence-electron chi connectivity index (χ4n) is 2.46. The van der Waals surface area contributed by atoms with Crippen LogP contribution in [0.2, 0.25) is 0 Å². The van der Waals surface area contributed by atoms with Crippen LogP contribution in [0.1, 0.15) is 17.2 Å². The van der Waals surface area contributed by atoms with Gasteiger partial charge < -0.3 is 29.7 Å². The van der Waals surface area contributed by atoms with Gasteiger partial charge in [0.1, 0.15) is 12.7 Å². The van der Waals surface area contributed by atoms with Crippen molar-refractivity contribution in [1.29, 1.82) is 0 Å². The molecule has 8 nitrogen and oxygen atoms in total. The molecular formula is C18H17NO7. The lowest BCUT2D eigenvalue weighted by Gasteiger charge is -2.20. The molecule has 0 saturated carbocycles. The Hall–Kier alpha value is -3.26. The molecule has 2 aromatic rings. The number of rotatable bonds is 6. The van der Waals surface area contributed by atoms with Crippen molar-refractivity contribution in [2.45, 2.75) is 18.8 Å². The number of carbonyl (C=O) groups excluding carboxylic acids is 1. The summed E-state index contributed by atoms with van der Waals surface area (Å²) in [7, 11) is 0. The van der Waals surface area contributed by atoms with E-state index >= 15 is 0 Å². The molecule has 0 radical (unpaired) electrons. The van der Waals surface area contributed by atoms with Gasteiger partial charge in [-0.05, 0) is 23.3 Å². The zero-order valence-corrected chi connectivity index (χ0v) is 13.6. The van der Waals surface area contributed by atoms with Gasteiger partial charge in [0.05, 0.1) is 0 Å². The third-order valence-corrected chi connectivity index (χ3v) is 3.81. The maximum Gasteiger partial charge on any atom is 0.408 e. The lowest BCUT2D eigenvalue weighted by atomic mass is 10.0. The monoisotopic (exact) mass is 359 g/mol. The van der Waals surface area contributed by atoms with Crippen LogP contribution in [0.4, 0.5) is 4.79 Å². The Balaban J connectivity index is 1.64. The van der Waals surface area contributed by atoms with E-state index in [4.69, 9.17) is 14.2 Å². The minimum Gasteiger partial charge on any atom is -0.480 e. The number of nitrogens with one attached hydrogen (secondary N) is 1. The second-order valence-electron chi connectivity index (χ2n) is 5.58. The van der Waals surface area contributed by atoms with Crippen LogP contribution >= 0.6 is 0 Å². The highest BCUT2D eigenvalue weighted by Crippen LogP contribution is 2.34. The van der Waals surface area contributed by atoms with Gasteiger partial charge in [0.25, 0.3) is 0 Å². The summed E-state index contributed by atoms with van der Waals surface area (Å²) in [6.07, 6.45) is -2.44. The molecule has 3 N–H and O–H groups in total. The summed E-state index contributed by atoms with van der Waals surface area (Å²) in [5.41, 5.74) is 1.02. The SMILES string of the molecule is O=C(N[C@H](C(=O)O)[C@H](O)c1ccc2c(c1)OCO2)OCc1ccccc1. The number of hydrogen-bond donors (Lipinski definition) is 3. The van der Waals surface area contributed by atoms with Crippen LogP contribution in [0.3, 0.4) is 0 Å². The first-order valence-corrected chi connectivity index (χ1v) is 7.82. The molecule has 26 heavy (non-hydrogen) atoms. The molecule has 2 atom stereocenters. The molecule has 3 rings (SSSR count). The number of aliphatic hydroxyl groups excluding tert-OH is 1. The van der Waals surface area contributed by atoms with Crippen molar-refractivity contribution in [3.05, 3.63) is 59.7 Å². The summed E-state index contributed by atoms with van der Waals surface area (Å²) in [6.45, 7) is 0.0421. The van der Waals surface area contributed by atoms with E-state index in [-0.39, 0.29) is 19.0 Å². The van der Waals surface area contributed by atoms with Crippen molar-refractivity contribution in [2.75, 3.05) is 6.79 Å². The smallest absolute Gasteiger partial charge is 0.408 e. The Bertz CT molecular complexity index is 793. The zero-order valence-electron chi connectivity index (χ0n) is 13.6. The maximum atomic E-state index is 11.9. The first kappa shape index (κ1) is 17.6. The summed E-state index contributed by atoms with van der Waals surface area (Å²) < 4.78 is 15.4. The third kappa shape index (κ3) is 4.04. The van der Waals surface area contributed by atoms with E-state index in [0.717, 1.165) is 5.56 Å². The largest absolute Gasteiger partial charge is 0.480 e. The highest BCUT2D eigenvalue weighted by atomic mass is 16.7. The van der Waals surface area contributed by atoms with Gasteiger partial charge in [-0.15, -0.1) is 0 Å². The lowest BCUT2D eigenvalue weighted by Crippen LogP contribution is -2.45. The van der Waals surface area contributed by atoms with E-state index in [2.05, 4.69) is 5.32 Å². The number of carboxylic acid groups (broad SMARTS) is 1. The fourth-order valence-corrected chi connectivity index (χ4v) is 2.46. The topological polar surface area (TPSA) is 114 Å². The van der Waals surface area contributed by atoms with E-state index in [9.17, 15) is 19.8 Å². The number of alkyl carbamates (subject to hydrolysis) is 1. The number of amides is 1. The normalized spacial score (nSPS) is 14.3. The van der Waals surface area contributed by atoms with E-state index in [0.29, 0.717) is 11.5 Å². The number of aliphatic carboxylic acids is 1. The van der Waals surface area contributed by atoms with Crippen molar-refractivity contribution < 1.29 is 34.0 Å². The summed E-state index contributed by atoms with van der Waals surface area (Å²) in [5.74, 6) is -0.493. The van der Waals surface area contributed by atoms with Crippen LogP contribution < -0.4 is 14.8 Å². The highest BCUT2D eigenvalue weighted by Gasteiger charge is 2.31. The van der Waals surface area contributed by atoms with E-state index < -0.39 is 24.2 Å². The molecule has 2 aromatic carbocycles. The molecule has 0 unspecified atom stereocenters. The van der Waals surface area contributed by atoms with Crippen LogP contribution in [-0.2, 0) is 16.1 Å². The van der Waals surface area contributed by atoms with Gasteiger partial charge in [0.15, 0.2) is 17.5 Å². The fraction of sp³-hybridized carbons (Fsp3) is 0.222. The predicted octanol–water partition coefficient (Wildman–Crippen LogP) is 1.83. The summed E-state index contributed by atoms with van der Waals surface area (Å²) in [4.78, 5) is 23.4. The molecule has 0 aliphatic carbocycles. The number of ether oxygens (including phenoxy) is 3. The van der Waals surface area contributed by atoms with Crippen molar-refractivity contribution in [3.63, 3.8) is 0 Å². The van der Waals surface area contributed by atoms with Gasteiger partial charge in [-0.25, -0.2) is 9.59 Å². The van der Waals surface area contributed by atoms with Gasteiger partial charge in [0, 0.05) is 0 Å². The van der Waals surface area contributed by atoms with E-state index in [1.807, 2.05) is 6.07 Å². The summed E-state index contributed by atoms with van der Waals surface area (Å²) in [5, 5.41) is 21.9. The van der Waals surface area contributed by atoms with Gasteiger partial charge in [-0.2, -0.15) is 0 Å². The number of hydrogen-bond acceptors (Lipinski definition) is 6. The van der Waals surface area contributed by atoms with Crippen LogP contribution in [0, 0.1) is 0 Å². The average Bonchev–Trinajstić information content (AvgIpc) is 3.12. The molecule has 1 heterocycles. The van der Waals surface area contributed by atoms with Gasteiger partial charge in [-0.3, -0.25) is 0 Å². The molecule has 0 fully saturated rings. The molecule has 0 bridgehead atoms. The Kier molecular flexibility index (Phi) is 5.23. The minimum absolute atomic E-state index is 0.0148. The van der Waals surface area contributed by atoms with E-state index in [1.54, 1.807) is 30.3 Å². The van der Waals surface area contributed by atoms with Crippen LogP contribution in [-0.4, -0.2) is 35.1 Å². The Morgan fingerprint density at radius 1 is 1.12 bits per heavy atom. The molecule has 0 saturated heterocycles. The molecule has 0 aromatic heterocycles. The Labute approximate surface area is 148 Å². The second kappa shape index (κ2) is 7.75. The molecular weight excluding hydrogens is 342 g/mol. The number of aliphatic hydroxyl groups is 1. The molecule has 8 heteroatoms. The Morgan fingerprint density at radius 3 is 2.58 bits per heavy atom. The van der Waals surface area contributed by atoms with Crippen LogP contribution in [0.25, 0.3) is 0 Å².